The van der Waals surface area contributed by atoms with Gasteiger partial charge >= 0.3 is 18.2 Å². The van der Waals surface area contributed by atoms with Gasteiger partial charge in [-0.05, 0) is 25.5 Å². The summed E-state index contributed by atoms with van der Waals surface area (Å²) < 4.78 is 42.0. The van der Waals surface area contributed by atoms with Crippen molar-refractivity contribution in [1.29, 1.82) is 0 Å². The number of fused-ring (bicyclic) bond motifs is 1. The minimum atomic E-state index is -5.00. The summed E-state index contributed by atoms with van der Waals surface area (Å²) in [5.41, 5.74) is 0.921. The molecule has 2 amide bonds. The van der Waals surface area contributed by atoms with Crippen LogP contribution in [-0.4, -0.2) is 31.3 Å². The number of amides is 2. The maximum absolute atomic E-state index is 12.5. The van der Waals surface area contributed by atoms with Crippen molar-refractivity contribution in [2.45, 2.75) is 31.6 Å². The van der Waals surface area contributed by atoms with Gasteiger partial charge in [0.2, 0.25) is 0 Å². The number of benzene rings is 1. The average Bonchev–Trinajstić information content (AvgIpc) is 2.45. The first-order valence-corrected chi connectivity index (χ1v) is 6.84. The van der Waals surface area contributed by atoms with Gasteiger partial charge in [-0.3, -0.25) is 4.79 Å². The van der Waals surface area contributed by atoms with Crippen molar-refractivity contribution in [3.8, 4) is 0 Å². The zero-order valence-electron chi connectivity index (χ0n) is 12.5. The molecule has 0 unspecified atom stereocenters. The molecule has 0 aliphatic carbocycles. The van der Waals surface area contributed by atoms with Crippen molar-refractivity contribution in [3.63, 3.8) is 0 Å². The van der Waals surface area contributed by atoms with Crippen LogP contribution in [0.15, 0.2) is 18.2 Å². The molecule has 1 aromatic carbocycles. The Kier molecular flexibility index (Phi) is 4.67. The van der Waals surface area contributed by atoms with Crippen molar-refractivity contribution < 1.29 is 27.5 Å². The third-order valence-corrected chi connectivity index (χ3v) is 3.43. The van der Waals surface area contributed by atoms with Gasteiger partial charge in [-0.2, -0.15) is 13.2 Å². The van der Waals surface area contributed by atoms with Crippen LogP contribution < -0.4 is 16.0 Å². The van der Waals surface area contributed by atoms with Gasteiger partial charge in [0.15, 0.2) is 0 Å². The Morgan fingerprint density at radius 3 is 2.65 bits per heavy atom. The van der Waals surface area contributed by atoms with Gasteiger partial charge in [-0.1, -0.05) is 6.07 Å². The SMILES string of the molecule is COC(=O)N[C@@H]1C[C@H](C)Nc2cccc(NC(=O)C(F)(F)F)c21. The molecule has 2 atom stereocenters. The van der Waals surface area contributed by atoms with Crippen LogP contribution in [0.3, 0.4) is 0 Å². The normalized spacial score (nSPS) is 20.0. The van der Waals surface area contributed by atoms with Gasteiger partial charge in [0.05, 0.1) is 13.2 Å². The lowest BCUT2D eigenvalue weighted by molar-refractivity contribution is -0.167. The van der Waals surface area contributed by atoms with Crippen LogP contribution in [0.5, 0.6) is 0 Å². The number of rotatable bonds is 2. The van der Waals surface area contributed by atoms with E-state index in [-0.39, 0.29) is 11.7 Å². The number of carbonyl (C=O) groups excluding carboxylic acids is 2. The second kappa shape index (κ2) is 6.35. The number of hydrogen-bond donors (Lipinski definition) is 3. The molecule has 0 aromatic heterocycles. The minimum absolute atomic E-state index is 0.00868. The third-order valence-electron chi connectivity index (χ3n) is 3.43. The second-order valence-corrected chi connectivity index (χ2v) is 5.19. The lowest BCUT2D eigenvalue weighted by atomic mass is 9.92. The number of ether oxygens (including phenoxy) is 1. The fraction of sp³-hybridized carbons (Fsp3) is 0.429. The number of methoxy groups -OCH3 is 1. The summed E-state index contributed by atoms with van der Waals surface area (Å²) >= 11 is 0. The zero-order chi connectivity index (χ0) is 17.2. The van der Waals surface area contributed by atoms with E-state index in [2.05, 4.69) is 15.4 Å². The molecule has 1 aliphatic rings. The Balaban J connectivity index is 2.37. The summed E-state index contributed by atoms with van der Waals surface area (Å²) in [6.45, 7) is 1.87. The Labute approximate surface area is 130 Å². The highest BCUT2D eigenvalue weighted by Crippen LogP contribution is 2.38. The standard InChI is InChI=1S/C14H16F3N3O3/c1-7-6-10(20-13(22)23-2)11-8(18-7)4-3-5-9(11)19-12(21)14(15,16)17/h3-5,7,10,18H,6H2,1-2H3,(H,19,21)(H,20,22)/t7-,10+/m0/s1. The van der Waals surface area contributed by atoms with Crippen molar-refractivity contribution in [3.05, 3.63) is 23.8 Å². The van der Waals surface area contributed by atoms with Crippen molar-refractivity contribution in [2.75, 3.05) is 17.7 Å². The molecule has 0 saturated carbocycles. The number of hydrogen-bond acceptors (Lipinski definition) is 4. The number of carbonyl (C=O) groups is 2. The van der Waals surface area contributed by atoms with Gasteiger partial charge in [-0.15, -0.1) is 0 Å². The topological polar surface area (TPSA) is 79.5 Å². The van der Waals surface area contributed by atoms with E-state index in [1.54, 1.807) is 6.07 Å². The largest absolute Gasteiger partial charge is 0.471 e. The Hall–Kier alpha value is -2.45. The lowest BCUT2D eigenvalue weighted by Crippen LogP contribution is -2.37. The molecule has 2 rings (SSSR count). The van der Waals surface area contributed by atoms with Gasteiger partial charge in [0, 0.05) is 23.0 Å². The van der Waals surface area contributed by atoms with Crippen LogP contribution >= 0.6 is 0 Å². The summed E-state index contributed by atoms with van der Waals surface area (Å²) in [5.74, 6) is -2.07. The zero-order valence-corrected chi connectivity index (χ0v) is 12.5. The van der Waals surface area contributed by atoms with E-state index in [4.69, 9.17) is 0 Å². The van der Waals surface area contributed by atoms with Crippen LogP contribution in [0.4, 0.5) is 29.3 Å². The molecular weight excluding hydrogens is 315 g/mol. The summed E-state index contributed by atoms with van der Waals surface area (Å²) in [4.78, 5) is 22.7. The molecule has 0 bridgehead atoms. The predicted octanol–water partition coefficient (Wildman–Crippen LogP) is 2.79. The van der Waals surface area contributed by atoms with Crippen LogP contribution in [0.25, 0.3) is 0 Å². The van der Waals surface area contributed by atoms with E-state index in [0.29, 0.717) is 17.7 Å². The minimum Gasteiger partial charge on any atom is -0.453 e. The Bertz CT molecular complexity index is 619. The van der Waals surface area contributed by atoms with Crippen molar-refractivity contribution in [1.82, 2.24) is 5.32 Å². The molecule has 1 aliphatic heterocycles. The van der Waals surface area contributed by atoms with Crippen LogP contribution in [0, 0.1) is 0 Å². The molecule has 0 radical (unpaired) electrons. The van der Waals surface area contributed by atoms with Crippen molar-refractivity contribution >= 4 is 23.4 Å². The smallest absolute Gasteiger partial charge is 0.453 e. The summed E-state index contributed by atoms with van der Waals surface area (Å²) in [7, 11) is 1.19. The molecule has 0 saturated heterocycles. The molecule has 6 nitrogen and oxygen atoms in total. The first-order valence-electron chi connectivity index (χ1n) is 6.84. The van der Waals surface area contributed by atoms with E-state index in [1.807, 2.05) is 12.2 Å². The number of halogens is 3. The summed E-state index contributed by atoms with van der Waals surface area (Å²) in [6, 6.07) is 3.94. The second-order valence-electron chi connectivity index (χ2n) is 5.19. The number of anilines is 2. The van der Waals surface area contributed by atoms with Gasteiger partial charge in [0.1, 0.15) is 0 Å². The van der Waals surface area contributed by atoms with E-state index >= 15 is 0 Å². The fourth-order valence-corrected chi connectivity index (χ4v) is 2.50. The summed E-state index contributed by atoms with van der Waals surface area (Å²) in [6.07, 6.45) is -5.27. The monoisotopic (exact) mass is 331 g/mol. The maximum Gasteiger partial charge on any atom is 0.471 e. The number of alkyl halides is 3. The van der Waals surface area contributed by atoms with Gasteiger partial charge in [0.25, 0.3) is 0 Å². The molecule has 23 heavy (non-hydrogen) atoms. The maximum atomic E-state index is 12.5. The van der Waals surface area contributed by atoms with Crippen LogP contribution in [0.2, 0.25) is 0 Å². The quantitative estimate of drug-likeness (QED) is 0.778. The number of nitrogens with one attached hydrogen (secondary N) is 3. The molecule has 0 spiro atoms. The lowest BCUT2D eigenvalue weighted by Gasteiger charge is -2.33. The first-order chi connectivity index (χ1) is 10.7. The molecule has 126 valence electrons. The van der Waals surface area contributed by atoms with E-state index in [1.165, 1.54) is 19.2 Å². The number of alkyl carbamates (subject to hydrolysis) is 1. The molecule has 1 aromatic rings. The highest BCUT2D eigenvalue weighted by Gasteiger charge is 2.39. The molecule has 0 fully saturated rings. The highest BCUT2D eigenvalue weighted by molar-refractivity contribution is 5.96. The Morgan fingerprint density at radius 2 is 2.04 bits per heavy atom. The molecule has 3 N–H and O–H groups in total. The molecule has 1 heterocycles. The van der Waals surface area contributed by atoms with Crippen LogP contribution in [-0.2, 0) is 9.53 Å². The van der Waals surface area contributed by atoms with Crippen molar-refractivity contribution in [2.24, 2.45) is 0 Å². The van der Waals surface area contributed by atoms with E-state index in [9.17, 15) is 22.8 Å². The molecular formula is C14H16F3N3O3. The van der Waals surface area contributed by atoms with E-state index in [0.717, 1.165) is 0 Å². The van der Waals surface area contributed by atoms with Crippen LogP contribution in [0.1, 0.15) is 24.9 Å². The summed E-state index contributed by atoms with van der Waals surface area (Å²) in [5, 5.41) is 7.53. The average molecular weight is 331 g/mol. The highest BCUT2D eigenvalue weighted by atomic mass is 19.4. The fourth-order valence-electron chi connectivity index (χ4n) is 2.50. The van der Waals surface area contributed by atoms with Gasteiger partial charge < -0.3 is 20.7 Å². The predicted molar refractivity (Wildman–Crippen MR) is 77.1 cm³/mol. The van der Waals surface area contributed by atoms with Gasteiger partial charge in [-0.25, -0.2) is 4.79 Å². The third kappa shape index (κ3) is 3.85. The first kappa shape index (κ1) is 16.9. The van der Waals surface area contributed by atoms with E-state index < -0.39 is 24.2 Å². The Morgan fingerprint density at radius 1 is 1.35 bits per heavy atom. The molecule has 9 heteroatoms.